The molecule has 0 unspecified atom stereocenters. The number of carboxylic acids is 1. The van der Waals surface area contributed by atoms with Gasteiger partial charge in [0.05, 0.1) is 17.0 Å². The first kappa shape index (κ1) is 22.2. The Labute approximate surface area is 168 Å². The van der Waals surface area contributed by atoms with Gasteiger partial charge in [-0.1, -0.05) is 30.4 Å². The topological polar surface area (TPSA) is 99.3 Å². The van der Waals surface area contributed by atoms with Crippen molar-refractivity contribution in [3.8, 4) is 0 Å². The van der Waals surface area contributed by atoms with Crippen molar-refractivity contribution < 1.29 is 23.1 Å². The Hall–Kier alpha value is -3.14. The lowest BCUT2D eigenvalue weighted by atomic mass is 10.1. The molecule has 152 valence electrons. The van der Waals surface area contributed by atoms with E-state index in [1.54, 1.807) is 25.2 Å². The molecule has 0 fully saturated rings. The predicted molar refractivity (Wildman–Crippen MR) is 106 cm³/mol. The minimum absolute atomic E-state index is 0.0752. The molecule has 10 heteroatoms. The molecule has 0 aliphatic carbocycles. The molecule has 2 N–H and O–H groups in total. The third-order valence-corrected chi connectivity index (χ3v) is 4.42. The van der Waals surface area contributed by atoms with E-state index in [4.69, 9.17) is 10.5 Å². The first-order valence-electron chi connectivity index (χ1n) is 8.35. The number of allylic oxidation sites excluding steroid dienone is 4. The zero-order chi connectivity index (χ0) is 21.6. The number of rotatable bonds is 7. The second kappa shape index (κ2) is 9.37. The van der Waals surface area contributed by atoms with E-state index in [0.717, 1.165) is 17.6 Å². The van der Waals surface area contributed by atoms with Crippen molar-refractivity contribution in [2.24, 2.45) is 4.99 Å². The molecule has 1 aromatic carbocycles. The van der Waals surface area contributed by atoms with Gasteiger partial charge in [0.25, 0.3) is 0 Å². The van der Waals surface area contributed by atoms with Crippen LogP contribution in [-0.4, -0.2) is 31.9 Å². The number of para-hydroxylation sites is 1. The Morgan fingerprint density at radius 1 is 1.31 bits per heavy atom. The van der Waals surface area contributed by atoms with E-state index in [1.165, 1.54) is 18.2 Å². The van der Waals surface area contributed by atoms with Gasteiger partial charge in [-0.05, 0) is 37.5 Å². The second-order valence-corrected chi connectivity index (χ2v) is 6.45. The molecule has 2 rings (SSSR count). The van der Waals surface area contributed by atoms with Gasteiger partial charge >= 0.3 is 12.1 Å². The van der Waals surface area contributed by atoms with E-state index >= 15 is 0 Å². The zero-order valence-electron chi connectivity index (χ0n) is 15.5. The largest absolute Gasteiger partial charge is 0.477 e. The van der Waals surface area contributed by atoms with Crippen molar-refractivity contribution in [1.82, 2.24) is 9.36 Å². The van der Waals surface area contributed by atoms with E-state index in [-0.39, 0.29) is 16.4 Å². The summed E-state index contributed by atoms with van der Waals surface area (Å²) in [6, 6.07) is 4.68. The van der Waals surface area contributed by atoms with Crippen LogP contribution in [0.2, 0.25) is 0 Å². The number of hydrogen-bond donors (Lipinski definition) is 2. The number of nitrogens with one attached hydrogen (secondary N) is 1. The van der Waals surface area contributed by atoms with Crippen LogP contribution in [0.3, 0.4) is 0 Å². The van der Waals surface area contributed by atoms with Gasteiger partial charge in [0, 0.05) is 12.0 Å². The van der Waals surface area contributed by atoms with Gasteiger partial charge in [0.2, 0.25) is 0 Å². The molecule has 29 heavy (non-hydrogen) atoms. The molecule has 0 amide bonds. The van der Waals surface area contributed by atoms with Crippen LogP contribution in [0, 0.1) is 5.41 Å². The lowest BCUT2D eigenvalue weighted by Gasteiger charge is -2.10. The Morgan fingerprint density at radius 2 is 2.00 bits per heavy atom. The van der Waals surface area contributed by atoms with Crippen molar-refractivity contribution in [3.05, 3.63) is 58.9 Å². The minimum atomic E-state index is -4.64. The standard InChI is InChI=1S/C19H17F3N4O2S/c1-3-7-11(4-2)16-25-17(29-26-16)15(10-13(23)18(27)28)24-14-9-6-5-8-12(14)19(20,21)22/h3-9,23H,10H2,1-2H3,(H,27,28)/b7-3?,11-4+,23-13?,24-15?. The summed E-state index contributed by atoms with van der Waals surface area (Å²) in [4.78, 5) is 19.4. The lowest BCUT2D eigenvalue weighted by molar-refractivity contribution is -0.137. The summed E-state index contributed by atoms with van der Waals surface area (Å²) in [5, 5.41) is 16.8. The Kier molecular flexibility index (Phi) is 7.16. The lowest BCUT2D eigenvalue weighted by Crippen LogP contribution is -2.17. The Balaban J connectivity index is 2.58. The number of alkyl halides is 3. The summed E-state index contributed by atoms with van der Waals surface area (Å²) < 4.78 is 44.0. The highest BCUT2D eigenvalue weighted by Gasteiger charge is 2.33. The maximum absolute atomic E-state index is 13.3. The zero-order valence-corrected chi connectivity index (χ0v) is 16.3. The number of aliphatic carboxylic acids is 1. The number of aliphatic imine (C=N–C) groups is 1. The second-order valence-electron chi connectivity index (χ2n) is 5.70. The van der Waals surface area contributed by atoms with E-state index in [2.05, 4.69) is 14.3 Å². The fraction of sp³-hybridized carbons (Fsp3) is 0.211. The van der Waals surface area contributed by atoms with Crippen LogP contribution in [0.15, 0.2) is 47.5 Å². The molecule has 6 nitrogen and oxygen atoms in total. The molecule has 0 bridgehead atoms. The van der Waals surface area contributed by atoms with Gasteiger partial charge in [0.1, 0.15) is 5.71 Å². The van der Waals surface area contributed by atoms with E-state index < -0.39 is 29.8 Å². The normalized spacial score (nSPS) is 13.1. The molecule has 1 heterocycles. The summed E-state index contributed by atoms with van der Waals surface area (Å²) in [5.41, 5.74) is -1.45. The fourth-order valence-electron chi connectivity index (χ4n) is 2.30. The van der Waals surface area contributed by atoms with Crippen molar-refractivity contribution in [3.63, 3.8) is 0 Å². The Morgan fingerprint density at radius 3 is 2.59 bits per heavy atom. The molecular formula is C19H17F3N4O2S. The van der Waals surface area contributed by atoms with Gasteiger partial charge in [-0.15, -0.1) is 0 Å². The predicted octanol–water partition coefficient (Wildman–Crippen LogP) is 5.15. The smallest absolute Gasteiger partial charge is 0.418 e. The molecule has 0 aliphatic rings. The van der Waals surface area contributed by atoms with Crippen LogP contribution in [0.25, 0.3) is 5.57 Å². The first-order valence-corrected chi connectivity index (χ1v) is 9.12. The molecular weight excluding hydrogens is 405 g/mol. The fourth-order valence-corrected chi connectivity index (χ4v) is 2.97. The summed E-state index contributed by atoms with van der Waals surface area (Å²) in [6.45, 7) is 3.59. The minimum Gasteiger partial charge on any atom is -0.477 e. The number of carbonyl (C=O) groups is 1. The van der Waals surface area contributed by atoms with Crippen LogP contribution in [0.5, 0.6) is 0 Å². The maximum Gasteiger partial charge on any atom is 0.418 e. The van der Waals surface area contributed by atoms with Crippen LogP contribution in [0.1, 0.15) is 36.7 Å². The average molecular weight is 422 g/mol. The quantitative estimate of drug-likeness (QED) is 0.476. The van der Waals surface area contributed by atoms with Gasteiger partial charge in [-0.2, -0.15) is 17.5 Å². The highest BCUT2D eigenvalue weighted by atomic mass is 32.1. The molecule has 2 aromatic rings. The highest BCUT2D eigenvalue weighted by Crippen LogP contribution is 2.36. The summed E-state index contributed by atoms with van der Waals surface area (Å²) >= 11 is 0.876. The SMILES string of the molecule is CC=C/C(=C\C)c1nsc(C(CC(=N)C(=O)O)=Nc2ccccc2C(F)(F)F)n1. The van der Waals surface area contributed by atoms with Gasteiger partial charge in [0.15, 0.2) is 10.8 Å². The van der Waals surface area contributed by atoms with Crippen molar-refractivity contribution in [2.75, 3.05) is 0 Å². The summed E-state index contributed by atoms with van der Waals surface area (Å²) in [7, 11) is 0. The third kappa shape index (κ3) is 5.67. The van der Waals surface area contributed by atoms with Gasteiger partial charge in [-0.3, -0.25) is 5.41 Å². The van der Waals surface area contributed by atoms with Crippen molar-refractivity contribution >= 4 is 40.2 Å². The van der Waals surface area contributed by atoms with Crippen molar-refractivity contribution in [1.29, 1.82) is 5.41 Å². The van der Waals surface area contributed by atoms with Gasteiger partial charge < -0.3 is 5.11 Å². The average Bonchev–Trinajstić information content (AvgIpc) is 3.14. The highest BCUT2D eigenvalue weighted by molar-refractivity contribution is 7.08. The summed E-state index contributed by atoms with van der Waals surface area (Å²) in [6.07, 6.45) is 0.180. The van der Waals surface area contributed by atoms with Crippen LogP contribution >= 0.6 is 11.5 Å². The van der Waals surface area contributed by atoms with E-state index in [9.17, 15) is 18.0 Å². The number of benzene rings is 1. The monoisotopic (exact) mass is 422 g/mol. The van der Waals surface area contributed by atoms with E-state index in [0.29, 0.717) is 11.4 Å². The number of halogens is 3. The first-order chi connectivity index (χ1) is 13.7. The third-order valence-electron chi connectivity index (χ3n) is 3.66. The molecule has 0 atom stereocenters. The molecule has 0 radical (unpaired) electrons. The number of nitrogens with zero attached hydrogens (tertiary/aromatic N) is 3. The molecule has 0 saturated heterocycles. The maximum atomic E-state index is 13.3. The van der Waals surface area contributed by atoms with Crippen molar-refractivity contribution in [2.45, 2.75) is 26.4 Å². The van der Waals surface area contributed by atoms with E-state index in [1.807, 2.05) is 6.92 Å². The number of aromatic nitrogens is 2. The van der Waals surface area contributed by atoms with Gasteiger partial charge in [-0.25, -0.2) is 14.8 Å². The number of hydrogen-bond acceptors (Lipinski definition) is 6. The molecule has 1 aromatic heterocycles. The van der Waals surface area contributed by atoms with Crippen LogP contribution in [0.4, 0.5) is 18.9 Å². The number of carboxylic acid groups (broad SMARTS) is 1. The Bertz CT molecular complexity index is 1010. The summed E-state index contributed by atoms with van der Waals surface area (Å²) in [5.74, 6) is -1.15. The molecule has 0 aliphatic heterocycles. The van der Waals surface area contributed by atoms with Crippen LogP contribution in [-0.2, 0) is 11.0 Å². The molecule has 0 saturated carbocycles. The van der Waals surface area contributed by atoms with Crippen LogP contribution < -0.4 is 0 Å². The molecule has 0 spiro atoms.